The molecule has 4 aromatic rings. The second kappa shape index (κ2) is 8.55. The van der Waals surface area contributed by atoms with Crippen LogP contribution >= 0.6 is 11.8 Å². The molecule has 0 aliphatic carbocycles. The highest BCUT2D eigenvalue weighted by Gasteiger charge is 2.15. The van der Waals surface area contributed by atoms with Crippen LogP contribution in [0, 0.1) is 13.8 Å². The standard InChI is InChI=1S/C24H21N3O2S/c1-16-9-8-10-17(2)22(16)26-21(28)15-30-24-25-20-14-7-6-13-19(20)23(29)27(24)18-11-4-3-5-12-18/h3-14H,15H2,1-2H3,(H,26,28). The molecule has 1 aromatic heterocycles. The van der Waals surface area contributed by atoms with Crippen LogP contribution in [0.4, 0.5) is 5.69 Å². The van der Waals surface area contributed by atoms with Gasteiger partial charge >= 0.3 is 0 Å². The van der Waals surface area contributed by atoms with E-state index in [1.807, 2.05) is 80.6 Å². The molecule has 30 heavy (non-hydrogen) atoms. The first-order chi connectivity index (χ1) is 14.5. The number of amides is 1. The second-order valence-corrected chi connectivity index (χ2v) is 7.93. The Morgan fingerprint density at radius 1 is 0.933 bits per heavy atom. The molecule has 150 valence electrons. The average Bonchev–Trinajstić information content (AvgIpc) is 2.76. The fraction of sp³-hybridized carbons (Fsp3) is 0.125. The van der Waals surface area contributed by atoms with Gasteiger partial charge in [0, 0.05) is 5.69 Å². The highest BCUT2D eigenvalue weighted by Crippen LogP contribution is 2.23. The van der Waals surface area contributed by atoms with Crippen molar-refractivity contribution in [2.75, 3.05) is 11.1 Å². The molecule has 0 radical (unpaired) electrons. The van der Waals surface area contributed by atoms with Crippen molar-refractivity contribution >= 4 is 34.3 Å². The smallest absolute Gasteiger partial charge is 0.266 e. The number of aromatic nitrogens is 2. The fourth-order valence-corrected chi connectivity index (χ4v) is 4.14. The van der Waals surface area contributed by atoms with Crippen molar-refractivity contribution in [1.82, 2.24) is 9.55 Å². The van der Waals surface area contributed by atoms with E-state index in [4.69, 9.17) is 0 Å². The van der Waals surface area contributed by atoms with E-state index in [-0.39, 0.29) is 17.2 Å². The maximum Gasteiger partial charge on any atom is 0.266 e. The number of carbonyl (C=O) groups is 1. The number of fused-ring (bicyclic) bond motifs is 1. The largest absolute Gasteiger partial charge is 0.325 e. The normalized spacial score (nSPS) is 10.9. The van der Waals surface area contributed by atoms with Crippen LogP contribution in [0.5, 0.6) is 0 Å². The third-order valence-electron chi connectivity index (χ3n) is 4.84. The predicted octanol–water partition coefficient (Wildman–Crippen LogP) is 4.73. The lowest BCUT2D eigenvalue weighted by Gasteiger charge is -2.14. The van der Waals surface area contributed by atoms with Crippen LogP contribution < -0.4 is 10.9 Å². The molecule has 0 unspecified atom stereocenters. The van der Waals surface area contributed by atoms with E-state index in [1.165, 1.54) is 11.8 Å². The first kappa shape index (κ1) is 19.9. The summed E-state index contributed by atoms with van der Waals surface area (Å²) in [6.45, 7) is 3.93. The first-order valence-corrected chi connectivity index (χ1v) is 10.6. The Kier molecular flexibility index (Phi) is 5.68. The van der Waals surface area contributed by atoms with E-state index in [0.717, 1.165) is 22.5 Å². The summed E-state index contributed by atoms with van der Waals surface area (Å²) in [4.78, 5) is 30.5. The van der Waals surface area contributed by atoms with E-state index < -0.39 is 0 Å². The van der Waals surface area contributed by atoms with E-state index in [2.05, 4.69) is 10.3 Å². The monoisotopic (exact) mass is 415 g/mol. The fourth-order valence-electron chi connectivity index (χ4n) is 3.33. The van der Waals surface area contributed by atoms with Gasteiger partial charge in [-0.05, 0) is 49.2 Å². The van der Waals surface area contributed by atoms with Crippen molar-refractivity contribution < 1.29 is 4.79 Å². The van der Waals surface area contributed by atoms with E-state index in [9.17, 15) is 9.59 Å². The maximum absolute atomic E-state index is 13.2. The van der Waals surface area contributed by atoms with Crippen LogP contribution in [-0.2, 0) is 4.79 Å². The zero-order valence-corrected chi connectivity index (χ0v) is 17.6. The summed E-state index contributed by atoms with van der Waals surface area (Å²) in [6.07, 6.45) is 0. The van der Waals surface area contributed by atoms with Crippen LogP contribution in [0.1, 0.15) is 11.1 Å². The summed E-state index contributed by atoms with van der Waals surface area (Å²) in [6, 6.07) is 22.5. The van der Waals surface area contributed by atoms with Gasteiger partial charge in [-0.15, -0.1) is 0 Å². The molecule has 0 saturated carbocycles. The van der Waals surface area contributed by atoms with Crippen molar-refractivity contribution in [3.05, 3.63) is 94.3 Å². The summed E-state index contributed by atoms with van der Waals surface area (Å²) in [7, 11) is 0. The number of para-hydroxylation sites is 3. The van der Waals surface area contributed by atoms with Gasteiger partial charge in [0.05, 0.1) is 22.3 Å². The number of rotatable bonds is 5. The van der Waals surface area contributed by atoms with E-state index >= 15 is 0 Å². The number of aryl methyl sites for hydroxylation is 2. The van der Waals surface area contributed by atoms with Gasteiger partial charge in [0.1, 0.15) is 0 Å². The molecule has 0 saturated heterocycles. The molecular weight excluding hydrogens is 394 g/mol. The highest BCUT2D eigenvalue weighted by atomic mass is 32.2. The summed E-state index contributed by atoms with van der Waals surface area (Å²) in [5.74, 6) is 0.00481. The maximum atomic E-state index is 13.2. The van der Waals surface area contributed by atoms with Gasteiger partial charge in [0.25, 0.3) is 5.56 Å². The summed E-state index contributed by atoms with van der Waals surface area (Å²) < 4.78 is 1.57. The van der Waals surface area contributed by atoms with Crippen molar-refractivity contribution in [2.24, 2.45) is 0 Å². The Morgan fingerprint density at radius 2 is 1.60 bits per heavy atom. The molecule has 0 fully saturated rings. The molecule has 1 N–H and O–H groups in total. The third kappa shape index (κ3) is 4.00. The Bertz CT molecular complexity index is 1260. The van der Waals surface area contributed by atoms with E-state index in [0.29, 0.717) is 16.1 Å². The van der Waals surface area contributed by atoms with Gasteiger partial charge in [-0.25, -0.2) is 4.98 Å². The van der Waals surface area contributed by atoms with Crippen LogP contribution in [-0.4, -0.2) is 21.2 Å². The molecule has 6 heteroatoms. The SMILES string of the molecule is Cc1cccc(C)c1NC(=O)CSc1nc2ccccc2c(=O)n1-c1ccccc1. The van der Waals surface area contributed by atoms with E-state index in [1.54, 1.807) is 10.6 Å². The number of benzene rings is 3. The molecule has 0 aliphatic rings. The number of nitrogens with zero attached hydrogens (tertiary/aromatic N) is 2. The van der Waals surface area contributed by atoms with Crippen LogP contribution in [0.15, 0.2) is 82.7 Å². The molecule has 3 aromatic carbocycles. The number of hydrogen-bond acceptors (Lipinski definition) is 4. The predicted molar refractivity (Wildman–Crippen MR) is 123 cm³/mol. The molecule has 5 nitrogen and oxygen atoms in total. The van der Waals surface area contributed by atoms with Gasteiger partial charge in [0.15, 0.2) is 5.16 Å². The number of thioether (sulfide) groups is 1. The third-order valence-corrected chi connectivity index (χ3v) is 5.78. The van der Waals surface area contributed by atoms with Crippen molar-refractivity contribution in [3.63, 3.8) is 0 Å². The second-order valence-electron chi connectivity index (χ2n) is 6.99. The lowest BCUT2D eigenvalue weighted by molar-refractivity contribution is -0.113. The molecule has 0 spiro atoms. The van der Waals surface area contributed by atoms with Crippen LogP contribution in [0.3, 0.4) is 0 Å². The lowest BCUT2D eigenvalue weighted by atomic mass is 10.1. The Labute approximate surface area is 178 Å². The average molecular weight is 416 g/mol. The zero-order valence-electron chi connectivity index (χ0n) is 16.8. The summed E-state index contributed by atoms with van der Waals surface area (Å²) in [5, 5.41) is 4.02. The Balaban J connectivity index is 1.67. The summed E-state index contributed by atoms with van der Waals surface area (Å²) >= 11 is 1.25. The number of nitrogens with one attached hydrogen (secondary N) is 1. The number of hydrogen-bond donors (Lipinski definition) is 1. The van der Waals surface area contributed by atoms with Gasteiger partial charge in [-0.3, -0.25) is 14.2 Å². The van der Waals surface area contributed by atoms with Crippen LogP contribution in [0.2, 0.25) is 0 Å². The molecular formula is C24H21N3O2S. The molecule has 0 aliphatic heterocycles. The Morgan fingerprint density at radius 3 is 2.33 bits per heavy atom. The number of carbonyl (C=O) groups excluding carboxylic acids is 1. The molecule has 0 atom stereocenters. The van der Waals surface area contributed by atoms with Gasteiger partial charge in [0.2, 0.25) is 5.91 Å². The minimum absolute atomic E-state index is 0.139. The van der Waals surface area contributed by atoms with Gasteiger partial charge < -0.3 is 5.32 Å². The highest BCUT2D eigenvalue weighted by molar-refractivity contribution is 7.99. The Hall–Kier alpha value is -3.38. The topological polar surface area (TPSA) is 64.0 Å². The molecule has 1 heterocycles. The molecule has 4 rings (SSSR count). The minimum Gasteiger partial charge on any atom is -0.325 e. The van der Waals surface area contributed by atoms with Gasteiger partial charge in [-0.2, -0.15) is 0 Å². The number of anilines is 1. The quantitative estimate of drug-likeness (QED) is 0.378. The van der Waals surface area contributed by atoms with Gasteiger partial charge in [-0.1, -0.05) is 60.3 Å². The molecule has 0 bridgehead atoms. The minimum atomic E-state index is -0.149. The van der Waals surface area contributed by atoms with Crippen molar-refractivity contribution in [1.29, 1.82) is 0 Å². The summed E-state index contributed by atoms with van der Waals surface area (Å²) in [5.41, 5.74) is 4.04. The van der Waals surface area contributed by atoms with Crippen molar-refractivity contribution in [2.45, 2.75) is 19.0 Å². The molecule has 1 amide bonds. The van der Waals surface area contributed by atoms with Crippen LogP contribution in [0.25, 0.3) is 16.6 Å². The zero-order chi connectivity index (χ0) is 21.1. The van der Waals surface area contributed by atoms with Crippen molar-refractivity contribution in [3.8, 4) is 5.69 Å². The first-order valence-electron chi connectivity index (χ1n) is 9.60. The lowest BCUT2D eigenvalue weighted by Crippen LogP contribution is -2.23.